The SMILES string of the molecule is CCC(NC=O)[N+](C)(C)N(C)C. The molecule has 12 heavy (non-hydrogen) atoms. The second-order valence-corrected chi connectivity index (χ2v) is 3.53. The second-order valence-electron chi connectivity index (χ2n) is 3.53. The highest BCUT2D eigenvalue weighted by molar-refractivity contribution is 5.46. The molecule has 0 saturated carbocycles. The topological polar surface area (TPSA) is 32.3 Å². The molecule has 0 heterocycles. The van der Waals surface area contributed by atoms with Crippen molar-refractivity contribution < 1.29 is 9.39 Å². The molecule has 0 rings (SSSR count). The third kappa shape index (κ3) is 2.46. The van der Waals surface area contributed by atoms with Crippen molar-refractivity contribution in [1.29, 1.82) is 0 Å². The van der Waals surface area contributed by atoms with Crippen LogP contribution in [0.3, 0.4) is 0 Å². The Morgan fingerprint density at radius 3 is 2.25 bits per heavy atom. The molecular weight excluding hydrogens is 154 g/mol. The summed E-state index contributed by atoms with van der Waals surface area (Å²) in [6.07, 6.45) is 1.83. The quantitative estimate of drug-likeness (QED) is 0.276. The number of amides is 1. The lowest BCUT2D eigenvalue weighted by molar-refractivity contribution is -1.02. The smallest absolute Gasteiger partial charge is 0.211 e. The van der Waals surface area contributed by atoms with Gasteiger partial charge in [0.2, 0.25) is 6.41 Å². The minimum Gasteiger partial charge on any atom is -0.308 e. The van der Waals surface area contributed by atoms with Crippen molar-refractivity contribution in [2.75, 3.05) is 28.2 Å². The first-order chi connectivity index (χ1) is 5.46. The van der Waals surface area contributed by atoms with Crippen molar-refractivity contribution in [3.8, 4) is 0 Å². The number of quaternary nitrogens is 1. The fourth-order valence-corrected chi connectivity index (χ4v) is 1.10. The van der Waals surface area contributed by atoms with E-state index in [9.17, 15) is 4.79 Å². The fourth-order valence-electron chi connectivity index (χ4n) is 1.10. The lowest BCUT2D eigenvalue weighted by Crippen LogP contribution is -2.62. The number of carbonyl (C=O) groups excluding carboxylic acids is 1. The van der Waals surface area contributed by atoms with E-state index in [0.717, 1.165) is 12.8 Å². The monoisotopic (exact) mass is 174 g/mol. The van der Waals surface area contributed by atoms with E-state index < -0.39 is 0 Å². The molecule has 0 spiro atoms. The summed E-state index contributed by atoms with van der Waals surface area (Å²) >= 11 is 0. The van der Waals surface area contributed by atoms with Crippen LogP contribution in [0.4, 0.5) is 0 Å². The van der Waals surface area contributed by atoms with E-state index in [0.29, 0.717) is 4.59 Å². The summed E-state index contributed by atoms with van der Waals surface area (Å²) in [7, 11) is 8.11. The lowest BCUT2D eigenvalue weighted by Gasteiger charge is -2.40. The summed E-state index contributed by atoms with van der Waals surface area (Å²) in [6.45, 7) is 2.06. The Hall–Kier alpha value is -0.610. The van der Waals surface area contributed by atoms with E-state index in [4.69, 9.17) is 0 Å². The molecule has 0 saturated heterocycles. The van der Waals surface area contributed by atoms with E-state index in [1.165, 1.54) is 0 Å². The van der Waals surface area contributed by atoms with Crippen molar-refractivity contribution in [1.82, 2.24) is 10.3 Å². The third-order valence-corrected chi connectivity index (χ3v) is 2.44. The van der Waals surface area contributed by atoms with Crippen LogP contribution in [-0.4, -0.2) is 50.4 Å². The molecule has 72 valence electrons. The largest absolute Gasteiger partial charge is 0.308 e. The van der Waals surface area contributed by atoms with Crippen LogP contribution >= 0.6 is 0 Å². The van der Waals surface area contributed by atoms with E-state index in [2.05, 4.69) is 31.3 Å². The van der Waals surface area contributed by atoms with Crippen LogP contribution in [0.5, 0.6) is 0 Å². The van der Waals surface area contributed by atoms with Gasteiger partial charge in [-0.25, -0.2) is 4.59 Å². The molecule has 0 aromatic carbocycles. The van der Waals surface area contributed by atoms with Crippen molar-refractivity contribution in [3.63, 3.8) is 0 Å². The number of carbonyl (C=O) groups is 1. The van der Waals surface area contributed by atoms with Crippen LogP contribution < -0.4 is 5.32 Å². The van der Waals surface area contributed by atoms with Gasteiger partial charge >= 0.3 is 0 Å². The molecule has 1 unspecified atom stereocenters. The molecule has 1 amide bonds. The second kappa shape index (κ2) is 4.42. The summed E-state index contributed by atoms with van der Waals surface area (Å²) < 4.78 is 0.662. The van der Waals surface area contributed by atoms with Gasteiger partial charge in [0.1, 0.15) is 0 Å². The average molecular weight is 174 g/mol. The van der Waals surface area contributed by atoms with Crippen LogP contribution in [0, 0.1) is 0 Å². The van der Waals surface area contributed by atoms with Gasteiger partial charge in [0.05, 0.1) is 14.1 Å². The van der Waals surface area contributed by atoms with Crippen molar-refractivity contribution in [2.45, 2.75) is 19.5 Å². The minimum absolute atomic E-state index is 0.150. The molecule has 0 aliphatic heterocycles. The number of nitrogens with one attached hydrogen (secondary N) is 1. The zero-order valence-corrected chi connectivity index (χ0v) is 8.66. The lowest BCUT2D eigenvalue weighted by atomic mass is 10.3. The van der Waals surface area contributed by atoms with Crippen molar-refractivity contribution >= 4 is 6.41 Å². The van der Waals surface area contributed by atoms with Crippen molar-refractivity contribution in [2.24, 2.45) is 0 Å². The van der Waals surface area contributed by atoms with Gasteiger partial charge in [0.25, 0.3) is 0 Å². The summed E-state index contributed by atoms with van der Waals surface area (Å²) in [4.78, 5) is 10.3. The van der Waals surface area contributed by atoms with Gasteiger partial charge in [-0.2, -0.15) is 5.01 Å². The molecule has 0 radical (unpaired) electrons. The zero-order valence-electron chi connectivity index (χ0n) is 8.66. The van der Waals surface area contributed by atoms with E-state index in [-0.39, 0.29) is 6.17 Å². The Labute approximate surface area is 74.7 Å². The summed E-state index contributed by atoms with van der Waals surface area (Å²) in [6, 6.07) is 0. The minimum atomic E-state index is 0.150. The zero-order chi connectivity index (χ0) is 9.78. The summed E-state index contributed by atoms with van der Waals surface area (Å²) in [5.41, 5.74) is 0. The van der Waals surface area contributed by atoms with Gasteiger partial charge in [-0.1, -0.05) is 6.92 Å². The number of rotatable bonds is 5. The van der Waals surface area contributed by atoms with Gasteiger partial charge in [-0.05, 0) is 0 Å². The number of hydrogen-bond donors (Lipinski definition) is 1. The van der Waals surface area contributed by atoms with E-state index in [1.807, 2.05) is 14.1 Å². The standard InChI is InChI=1S/C8H19N3O/c1-6-8(9-7-12)11(4,5)10(2)3/h7-8H,6H2,1-5H3/p+1. The van der Waals surface area contributed by atoms with Gasteiger partial charge in [-0.15, -0.1) is 0 Å². The van der Waals surface area contributed by atoms with Gasteiger partial charge < -0.3 is 5.32 Å². The summed E-state index contributed by atoms with van der Waals surface area (Å²) in [5, 5.41) is 4.86. The molecule has 0 aromatic heterocycles. The van der Waals surface area contributed by atoms with Crippen LogP contribution in [0.15, 0.2) is 0 Å². The highest BCUT2D eigenvalue weighted by Crippen LogP contribution is 2.08. The Balaban J connectivity index is 4.35. The van der Waals surface area contributed by atoms with E-state index >= 15 is 0 Å². The molecular formula is C8H20N3O+. The van der Waals surface area contributed by atoms with Gasteiger partial charge in [-0.3, -0.25) is 4.79 Å². The first-order valence-electron chi connectivity index (χ1n) is 4.18. The number of hydrogen-bond acceptors (Lipinski definition) is 2. The molecule has 0 aliphatic carbocycles. The Kier molecular flexibility index (Phi) is 4.20. The molecule has 1 atom stereocenters. The Morgan fingerprint density at radius 1 is 1.50 bits per heavy atom. The molecule has 0 aromatic rings. The first kappa shape index (κ1) is 11.4. The van der Waals surface area contributed by atoms with Crippen LogP contribution in [0.2, 0.25) is 0 Å². The van der Waals surface area contributed by atoms with Crippen LogP contribution in [0.25, 0.3) is 0 Å². The first-order valence-corrected chi connectivity index (χ1v) is 4.18. The Morgan fingerprint density at radius 2 is 2.00 bits per heavy atom. The normalized spacial score (nSPS) is 14.5. The van der Waals surface area contributed by atoms with Gasteiger partial charge in [0, 0.05) is 20.5 Å². The molecule has 4 nitrogen and oxygen atoms in total. The molecule has 1 N–H and O–H groups in total. The maximum absolute atomic E-state index is 10.3. The maximum atomic E-state index is 10.3. The fraction of sp³-hybridized carbons (Fsp3) is 0.875. The molecule has 4 heteroatoms. The third-order valence-electron chi connectivity index (χ3n) is 2.44. The molecule has 0 fully saturated rings. The van der Waals surface area contributed by atoms with Gasteiger partial charge in [0.15, 0.2) is 6.17 Å². The van der Waals surface area contributed by atoms with Crippen LogP contribution in [0.1, 0.15) is 13.3 Å². The molecule has 0 bridgehead atoms. The van der Waals surface area contributed by atoms with Crippen molar-refractivity contribution in [3.05, 3.63) is 0 Å². The van der Waals surface area contributed by atoms with Crippen LogP contribution in [-0.2, 0) is 4.79 Å². The highest BCUT2D eigenvalue weighted by atomic mass is 16.1. The Bertz CT molecular complexity index is 145. The number of nitrogens with zero attached hydrogens (tertiary/aromatic N) is 2. The van der Waals surface area contributed by atoms with E-state index in [1.54, 1.807) is 0 Å². The predicted octanol–water partition coefficient (Wildman–Crippen LogP) is 0.0215. The predicted molar refractivity (Wildman–Crippen MR) is 49.1 cm³/mol. The highest BCUT2D eigenvalue weighted by Gasteiger charge is 2.28. The summed E-state index contributed by atoms with van der Waals surface area (Å²) in [5.74, 6) is 0. The average Bonchev–Trinajstić information content (AvgIpc) is 1.99. The maximum Gasteiger partial charge on any atom is 0.211 e. The molecule has 0 aliphatic rings.